The van der Waals surface area contributed by atoms with Gasteiger partial charge in [0.2, 0.25) is 0 Å². The van der Waals surface area contributed by atoms with Crippen LogP contribution < -0.4 is 0 Å². The molecule has 154 valence electrons. The number of aryl methyl sites for hydroxylation is 1. The summed E-state index contributed by atoms with van der Waals surface area (Å²) in [6.07, 6.45) is 22.7. The molecule has 0 atom stereocenters. The van der Waals surface area contributed by atoms with E-state index in [0.717, 1.165) is 0 Å². The molecule has 0 aliphatic heterocycles. The van der Waals surface area contributed by atoms with Gasteiger partial charge in [-0.25, -0.2) is 0 Å². The molecule has 0 unspecified atom stereocenters. The van der Waals surface area contributed by atoms with Gasteiger partial charge in [-0.1, -0.05) is 39.0 Å². The van der Waals surface area contributed by atoms with E-state index in [4.69, 9.17) is 4.98 Å². The summed E-state index contributed by atoms with van der Waals surface area (Å²) in [6.45, 7) is 2.30. The molecule has 0 aliphatic rings. The van der Waals surface area contributed by atoms with Crippen LogP contribution in [0.15, 0.2) is 6.69 Å². The zero-order valence-corrected chi connectivity index (χ0v) is 23.4. The first-order valence-corrected chi connectivity index (χ1v) is 16.0. The Morgan fingerprint density at radius 1 is 0.630 bits per heavy atom. The number of rotatable bonds is 16. The van der Waals surface area contributed by atoms with E-state index in [2.05, 4.69) is 38.8 Å². The van der Waals surface area contributed by atoms with Crippen LogP contribution in [0.3, 0.4) is 0 Å². The van der Waals surface area contributed by atoms with Crippen molar-refractivity contribution in [3.63, 3.8) is 0 Å². The molecule has 0 saturated heterocycles. The molecular weight excluding hydrogens is 596 g/mol. The Morgan fingerprint density at radius 2 is 1.11 bits per heavy atom. The van der Waals surface area contributed by atoms with Crippen LogP contribution in [0.2, 0.25) is 0 Å². The van der Waals surface area contributed by atoms with Gasteiger partial charge in [0, 0.05) is 0 Å². The van der Waals surface area contributed by atoms with Gasteiger partial charge in [0.1, 0.15) is 0 Å². The summed E-state index contributed by atoms with van der Waals surface area (Å²) in [5.74, 6) is 0. The molecule has 27 heavy (non-hydrogen) atoms. The molecule has 2 rings (SSSR count). The topological polar surface area (TPSA) is 12.9 Å². The van der Waals surface area contributed by atoms with Crippen molar-refractivity contribution in [1.29, 1.82) is 0 Å². The van der Waals surface area contributed by atoms with E-state index in [1.54, 1.807) is 0 Å². The van der Waals surface area contributed by atoms with Crippen LogP contribution in [0.5, 0.6) is 0 Å². The summed E-state index contributed by atoms with van der Waals surface area (Å²) in [4.78, 5) is 4.89. The third kappa shape index (κ3) is 9.67. The Balaban J connectivity index is 1.38. The van der Waals surface area contributed by atoms with Crippen molar-refractivity contribution in [3.05, 3.63) is 11.3 Å². The van der Waals surface area contributed by atoms with E-state index in [0.29, 0.717) is 29.0 Å². The maximum absolute atomic E-state index is 4.89. The minimum atomic E-state index is 0.454. The molecule has 0 amide bonds. The number of hydrogen-bond donors (Lipinski definition) is 0. The van der Waals surface area contributed by atoms with Gasteiger partial charge < -0.3 is 0 Å². The molecule has 0 radical (unpaired) electrons. The summed E-state index contributed by atoms with van der Waals surface area (Å²) in [7, 11) is 0. The van der Waals surface area contributed by atoms with Crippen LogP contribution >= 0.6 is 31.9 Å². The van der Waals surface area contributed by atoms with E-state index in [1.807, 2.05) is 0 Å². The molecular formula is C22H35Br2NSe2. The van der Waals surface area contributed by atoms with Gasteiger partial charge in [0.25, 0.3) is 0 Å². The first-order valence-electron chi connectivity index (χ1n) is 11.0. The quantitative estimate of drug-likeness (QED) is 0.134. The van der Waals surface area contributed by atoms with Crippen LogP contribution in [-0.4, -0.2) is 34.0 Å². The summed E-state index contributed by atoms with van der Waals surface area (Å²) in [6, 6.07) is 0. The normalized spacial score (nSPS) is 11.7. The third-order valence-electron chi connectivity index (χ3n) is 5.21. The predicted molar refractivity (Wildman–Crippen MR) is 130 cm³/mol. The molecule has 0 bridgehead atoms. The van der Waals surface area contributed by atoms with Gasteiger partial charge in [0.15, 0.2) is 0 Å². The van der Waals surface area contributed by atoms with E-state index in [9.17, 15) is 0 Å². The first kappa shape index (κ1) is 24.4. The van der Waals surface area contributed by atoms with Crippen LogP contribution in [0.25, 0.3) is 9.78 Å². The first-order chi connectivity index (χ1) is 13.2. The van der Waals surface area contributed by atoms with Crippen LogP contribution in [-0.2, 0) is 6.42 Å². The van der Waals surface area contributed by atoms with E-state index in [1.165, 1.54) is 124 Å². The van der Waals surface area contributed by atoms with Crippen molar-refractivity contribution in [3.8, 4) is 0 Å². The summed E-state index contributed by atoms with van der Waals surface area (Å²) >= 11 is 8.38. The number of aromatic nitrogens is 1. The molecule has 2 aromatic rings. The van der Waals surface area contributed by atoms with E-state index in [-0.39, 0.29) is 0 Å². The third-order valence-corrected chi connectivity index (χ3v) is 12.9. The van der Waals surface area contributed by atoms with Crippen molar-refractivity contribution in [2.24, 2.45) is 0 Å². The van der Waals surface area contributed by atoms with Gasteiger partial charge in [-0.15, -0.1) is 0 Å². The predicted octanol–water partition coefficient (Wildman–Crippen LogP) is 8.29. The van der Waals surface area contributed by atoms with Gasteiger partial charge >= 0.3 is 158 Å². The van der Waals surface area contributed by atoms with Crippen LogP contribution in [0.4, 0.5) is 0 Å². The second kappa shape index (κ2) is 15.0. The average Bonchev–Trinajstić information content (AvgIpc) is 3.19. The monoisotopic (exact) mass is 631 g/mol. The Hall–Kier alpha value is 1.15. The number of nitrogens with zero attached hydrogens (tertiary/aromatic N) is 1. The number of hydrogen-bond acceptors (Lipinski definition) is 1. The Bertz CT molecular complexity index is 601. The Labute approximate surface area is 195 Å². The molecule has 0 aliphatic carbocycles. The fourth-order valence-electron chi connectivity index (χ4n) is 3.56. The molecule has 0 fully saturated rings. The van der Waals surface area contributed by atoms with Gasteiger partial charge in [0.05, 0.1) is 0 Å². The minimum absolute atomic E-state index is 0.454. The molecule has 5 heteroatoms. The van der Waals surface area contributed by atoms with Crippen molar-refractivity contribution >= 4 is 70.6 Å². The van der Waals surface area contributed by atoms with Crippen LogP contribution in [0.1, 0.15) is 108 Å². The summed E-state index contributed by atoms with van der Waals surface area (Å²) < 4.78 is 5.74. The standard InChI is InChI=1S/C22H35Br2NSe2/c1-2-3-4-5-6-7-8-9-10-11-12-13-14-15-16-17-18-25-19-20(26-18)22(24)27-21(19)23/h2-17H2,1H3. The van der Waals surface area contributed by atoms with Crippen molar-refractivity contribution < 1.29 is 0 Å². The Kier molecular flexibility index (Phi) is 13.6. The Morgan fingerprint density at radius 3 is 1.59 bits per heavy atom. The van der Waals surface area contributed by atoms with Gasteiger partial charge in [-0.05, 0) is 0 Å². The van der Waals surface area contributed by atoms with Crippen molar-refractivity contribution in [2.45, 2.75) is 110 Å². The number of unbranched alkanes of at least 4 members (excludes halogenated alkanes) is 14. The molecule has 0 spiro atoms. The van der Waals surface area contributed by atoms with E-state index >= 15 is 0 Å². The van der Waals surface area contributed by atoms with Crippen molar-refractivity contribution in [1.82, 2.24) is 4.98 Å². The summed E-state index contributed by atoms with van der Waals surface area (Å²) in [5.41, 5.74) is 1.28. The molecule has 0 N–H and O–H groups in total. The fourth-order valence-corrected chi connectivity index (χ4v) is 12.0. The van der Waals surface area contributed by atoms with Crippen LogP contribution in [0, 0.1) is 0 Å². The molecule has 2 aromatic heterocycles. The summed E-state index contributed by atoms with van der Waals surface area (Å²) in [5, 5.41) is 0. The van der Waals surface area contributed by atoms with Crippen molar-refractivity contribution in [2.75, 3.05) is 0 Å². The zero-order chi connectivity index (χ0) is 19.3. The van der Waals surface area contributed by atoms with Gasteiger partial charge in [-0.3, -0.25) is 0 Å². The van der Waals surface area contributed by atoms with Gasteiger partial charge in [-0.2, -0.15) is 0 Å². The average molecular weight is 631 g/mol. The molecule has 0 saturated carbocycles. The second-order valence-corrected chi connectivity index (χ2v) is 16.0. The zero-order valence-electron chi connectivity index (χ0n) is 16.8. The maximum atomic E-state index is 4.89. The SMILES string of the molecule is CCCCCCCCCCCCCCCCCc1nc2c(Br)[se]c(Br)c2[se]1. The second-order valence-electron chi connectivity index (χ2n) is 7.63. The van der Waals surface area contributed by atoms with E-state index < -0.39 is 0 Å². The fraction of sp³-hybridized carbons (Fsp3) is 0.773. The number of fused-ring (bicyclic) bond motifs is 1. The number of halogens is 2. The molecule has 1 nitrogen and oxygen atoms in total. The molecule has 2 heterocycles. The molecule has 0 aromatic carbocycles.